The number of carbonyl (C=O) groups is 1. The van der Waals surface area contributed by atoms with E-state index >= 15 is 0 Å². The first-order valence-corrected chi connectivity index (χ1v) is 44.0. The minimum Gasteiger partial charge on any atom is -0.466 e. The highest BCUT2D eigenvalue weighted by molar-refractivity contribution is 5.69. The quantitative estimate of drug-likeness (QED) is 0.0488. The summed E-state index contributed by atoms with van der Waals surface area (Å²) in [7, 11) is 0. The molecule has 3 nitrogen and oxygen atoms in total. The maximum absolute atomic E-state index is 12.1. The van der Waals surface area contributed by atoms with Gasteiger partial charge in [0, 0.05) is 6.42 Å². The SMILES string of the molecule is CCCCCCCCCCCCCCCCCCCCCCCCCCCCCCCCCCCCCCCCCCCCCCCCCCCCCCCCCCCCCCCCCCCCCCOC(=O)CCCCCCCCCCC(O)CCCCCC. The molecule has 0 aliphatic carbocycles. The number of rotatable bonds is 85. The molecule has 0 heterocycles. The van der Waals surface area contributed by atoms with Crippen LogP contribution in [0.5, 0.6) is 0 Å². The van der Waals surface area contributed by atoms with Gasteiger partial charge in [-0.3, -0.25) is 4.79 Å². The average Bonchev–Trinajstić information content (AvgIpc) is 3.56. The summed E-state index contributed by atoms with van der Waals surface area (Å²) < 4.78 is 5.51. The first kappa shape index (κ1) is 90.4. The largest absolute Gasteiger partial charge is 0.466 e. The number of hydrogen-bond donors (Lipinski definition) is 1. The van der Waals surface area contributed by atoms with E-state index in [1.165, 1.54) is 494 Å². The van der Waals surface area contributed by atoms with Gasteiger partial charge in [-0.15, -0.1) is 0 Å². The topological polar surface area (TPSA) is 46.5 Å². The number of unbranched alkanes of at least 4 members (excludes halogenated alkanes) is 77. The van der Waals surface area contributed by atoms with E-state index in [0.717, 1.165) is 32.1 Å². The van der Waals surface area contributed by atoms with Crippen molar-refractivity contribution in [1.82, 2.24) is 0 Å². The van der Waals surface area contributed by atoms with Crippen LogP contribution in [0.2, 0.25) is 0 Å². The fraction of sp³-hybridized carbons (Fsp3) is 0.989. The predicted molar refractivity (Wildman–Crippen MR) is 412 cm³/mol. The lowest BCUT2D eigenvalue weighted by Crippen LogP contribution is -2.06. The molecule has 0 aliphatic rings. The zero-order valence-electron chi connectivity index (χ0n) is 63.7. The molecule has 1 unspecified atom stereocenters. The van der Waals surface area contributed by atoms with Crippen molar-refractivity contribution < 1.29 is 14.6 Å². The fourth-order valence-corrected chi connectivity index (χ4v) is 14.8. The number of ether oxygens (including phenoxy) is 1. The van der Waals surface area contributed by atoms with E-state index in [2.05, 4.69) is 13.8 Å². The third-order valence-corrected chi connectivity index (χ3v) is 21.3. The van der Waals surface area contributed by atoms with Gasteiger partial charge in [-0.25, -0.2) is 0 Å². The van der Waals surface area contributed by atoms with Crippen LogP contribution in [-0.2, 0) is 9.53 Å². The number of aliphatic hydroxyl groups is 1. The molecule has 0 saturated carbocycles. The van der Waals surface area contributed by atoms with Gasteiger partial charge in [-0.2, -0.15) is 0 Å². The Bertz CT molecular complexity index is 1250. The van der Waals surface area contributed by atoms with Crippen molar-refractivity contribution in [2.75, 3.05) is 6.61 Å². The first-order valence-electron chi connectivity index (χ1n) is 44.0. The Hall–Kier alpha value is -0.570. The molecule has 0 aliphatic heterocycles. The van der Waals surface area contributed by atoms with Crippen molar-refractivity contribution in [3.63, 3.8) is 0 Å². The number of aliphatic hydroxyl groups excluding tert-OH is 1. The van der Waals surface area contributed by atoms with E-state index in [9.17, 15) is 9.90 Å². The molecule has 0 amide bonds. The van der Waals surface area contributed by atoms with E-state index in [4.69, 9.17) is 4.74 Å². The van der Waals surface area contributed by atoms with E-state index in [0.29, 0.717) is 13.0 Å². The van der Waals surface area contributed by atoms with Crippen molar-refractivity contribution in [2.45, 2.75) is 553 Å². The number of esters is 1. The molecule has 0 aromatic carbocycles. The Morgan fingerprint density at radius 2 is 0.330 bits per heavy atom. The molecule has 0 saturated heterocycles. The van der Waals surface area contributed by atoms with Gasteiger partial charge in [0.05, 0.1) is 12.7 Å². The van der Waals surface area contributed by atoms with Crippen LogP contribution in [0, 0.1) is 0 Å². The standard InChI is InChI=1S/C88H176O3/c1-3-5-7-9-10-11-12-13-14-15-16-17-18-19-20-21-22-23-24-25-26-27-28-29-30-31-32-33-34-35-36-37-38-39-40-41-42-43-44-45-46-47-48-49-50-51-52-53-54-55-56-57-58-59-60-61-62-63-64-65-66-67-68-69-72-75-78-82-86-91-88(90)85-81-77-74-71-70-73-76-80-84-87(89)83-79-8-6-4-2/h87,89H,3-86H2,1-2H3. The van der Waals surface area contributed by atoms with Crippen molar-refractivity contribution in [1.29, 1.82) is 0 Å². The summed E-state index contributed by atoms with van der Waals surface area (Å²) in [4.78, 5) is 12.1. The van der Waals surface area contributed by atoms with Crippen molar-refractivity contribution in [3.8, 4) is 0 Å². The third-order valence-electron chi connectivity index (χ3n) is 21.3. The summed E-state index contributed by atoms with van der Waals surface area (Å²) in [5, 5.41) is 10.1. The van der Waals surface area contributed by atoms with Gasteiger partial charge in [-0.05, 0) is 25.7 Å². The third kappa shape index (κ3) is 85.5. The molecule has 1 atom stereocenters. The van der Waals surface area contributed by atoms with E-state index in [-0.39, 0.29) is 12.1 Å². The highest BCUT2D eigenvalue weighted by atomic mass is 16.5. The van der Waals surface area contributed by atoms with Crippen LogP contribution in [0.1, 0.15) is 547 Å². The van der Waals surface area contributed by atoms with Crippen molar-refractivity contribution in [2.24, 2.45) is 0 Å². The first-order chi connectivity index (χ1) is 45.2. The summed E-state index contributed by atoms with van der Waals surface area (Å²) in [6.45, 7) is 5.17. The van der Waals surface area contributed by atoms with Crippen LogP contribution < -0.4 is 0 Å². The second-order valence-corrected chi connectivity index (χ2v) is 30.8. The van der Waals surface area contributed by atoms with Crippen LogP contribution in [-0.4, -0.2) is 23.8 Å². The van der Waals surface area contributed by atoms with Crippen LogP contribution in [0.25, 0.3) is 0 Å². The zero-order valence-corrected chi connectivity index (χ0v) is 63.7. The van der Waals surface area contributed by atoms with Crippen molar-refractivity contribution in [3.05, 3.63) is 0 Å². The second-order valence-electron chi connectivity index (χ2n) is 30.8. The molecule has 0 spiro atoms. The summed E-state index contributed by atoms with van der Waals surface area (Å²) in [6.07, 6.45) is 117. The van der Waals surface area contributed by atoms with Gasteiger partial charge in [0.25, 0.3) is 0 Å². The Labute approximate surface area is 577 Å². The highest BCUT2D eigenvalue weighted by Gasteiger charge is 2.07. The Morgan fingerprint density at radius 3 is 0.505 bits per heavy atom. The maximum atomic E-state index is 12.1. The molecule has 91 heavy (non-hydrogen) atoms. The molecular formula is C88H176O3. The second kappa shape index (κ2) is 85.5. The minimum absolute atomic E-state index is 0.0109. The van der Waals surface area contributed by atoms with Gasteiger partial charge in [0.15, 0.2) is 0 Å². The Morgan fingerprint density at radius 1 is 0.198 bits per heavy atom. The molecule has 0 fully saturated rings. The predicted octanol–water partition coefficient (Wildman–Crippen LogP) is 32.3. The molecule has 0 aromatic heterocycles. The number of hydrogen-bond acceptors (Lipinski definition) is 3. The summed E-state index contributed by atoms with van der Waals surface area (Å²) in [5.41, 5.74) is 0. The van der Waals surface area contributed by atoms with Crippen molar-refractivity contribution >= 4 is 5.97 Å². The maximum Gasteiger partial charge on any atom is 0.305 e. The van der Waals surface area contributed by atoms with Gasteiger partial charge < -0.3 is 9.84 Å². The molecule has 3 heteroatoms. The van der Waals surface area contributed by atoms with Gasteiger partial charge in [0.2, 0.25) is 0 Å². The molecule has 546 valence electrons. The Balaban J connectivity index is 3.13. The molecule has 0 bridgehead atoms. The smallest absolute Gasteiger partial charge is 0.305 e. The van der Waals surface area contributed by atoms with Gasteiger partial charge >= 0.3 is 5.97 Å². The summed E-state index contributed by atoms with van der Waals surface area (Å²) in [6, 6.07) is 0. The number of carbonyl (C=O) groups excluding carboxylic acids is 1. The average molecular weight is 1280 g/mol. The van der Waals surface area contributed by atoms with E-state index < -0.39 is 0 Å². The van der Waals surface area contributed by atoms with Crippen LogP contribution in [0.15, 0.2) is 0 Å². The summed E-state index contributed by atoms with van der Waals surface area (Å²) in [5.74, 6) is 0.0109. The molecular weight excluding hydrogens is 1100 g/mol. The monoisotopic (exact) mass is 1280 g/mol. The van der Waals surface area contributed by atoms with Crippen LogP contribution >= 0.6 is 0 Å². The summed E-state index contributed by atoms with van der Waals surface area (Å²) >= 11 is 0. The van der Waals surface area contributed by atoms with Gasteiger partial charge in [0.1, 0.15) is 0 Å². The normalized spacial score (nSPS) is 12.1. The lowest BCUT2D eigenvalue weighted by molar-refractivity contribution is -0.143. The molecule has 0 rings (SSSR count). The van der Waals surface area contributed by atoms with E-state index in [1.807, 2.05) is 0 Å². The highest BCUT2D eigenvalue weighted by Crippen LogP contribution is 2.22. The molecule has 0 aromatic rings. The van der Waals surface area contributed by atoms with Gasteiger partial charge in [-0.1, -0.05) is 515 Å². The lowest BCUT2D eigenvalue weighted by Gasteiger charge is -2.10. The lowest BCUT2D eigenvalue weighted by atomic mass is 10.0. The zero-order chi connectivity index (χ0) is 65.3. The minimum atomic E-state index is -0.0809. The van der Waals surface area contributed by atoms with Crippen LogP contribution in [0.3, 0.4) is 0 Å². The van der Waals surface area contributed by atoms with Crippen LogP contribution in [0.4, 0.5) is 0 Å². The van der Waals surface area contributed by atoms with E-state index in [1.54, 1.807) is 0 Å². The fourth-order valence-electron chi connectivity index (χ4n) is 14.8. The molecule has 1 N–H and O–H groups in total. The Kier molecular flexibility index (Phi) is 85.0. The molecule has 0 radical (unpaired) electrons.